The van der Waals surface area contributed by atoms with E-state index in [2.05, 4.69) is 29.8 Å². The summed E-state index contributed by atoms with van der Waals surface area (Å²) in [5.41, 5.74) is 21.6. The van der Waals surface area contributed by atoms with E-state index in [1.807, 2.05) is 57.2 Å². The van der Waals surface area contributed by atoms with Crippen LogP contribution in [0.4, 0.5) is 11.4 Å². The minimum atomic E-state index is 0.546. The van der Waals surface area contributed by atoms with Crippen LogP contribution in [0.3, 0.4) is 0 Å². The van der Waals surface area contributed by atoms with Crippen LogP contribution in [-0.4, -0.2) is 12.1 Å². The van der Waals surface area contributed by atoms with Gasteiger partial charge in [-0.05, 0) is 96.2 Å². The van der Waals surface area contributed by atoms with Crippen molar-refractivity contribution in [2.24, 2.45) is 0 Å². The van der Waals surface area contributed by atoms with Crippen molar-refractivity contribution in [3.63, 3.8) is 0 Å². The summed E-state index contributed by atoms with van der Waals surface area (Å²) in [6, 6.07) is 12.2. The van der Waals surface area contributed by atoms with Gasteiger partial charge in [0, 0.05) is 17.8 Å². The number of allylic oxidation sites excluding steroid dienone is 5. The first kappa shape index (κ1) is 20.5. The molecule has 1 aliphatic rings. The smallest absolute Gasteiger partial charge is 0.0569 e. The molecule has 4 heteroatoms. The molecule has 140 valence electrons. The topological polar surface area (TPSA) is 75.9 Å². The van der Waals surface area contributed by atoms with Crippen LogP contribution in [0.25, 0.3) is 5.57 Å². The SMILES string of the molecule is CC1=CC(=C(c2ccc(N)c(C)c2)c2ccc(N)c(C)c2)C=CC1=N.CCl. The summed E-state index contributed by atoms with van der Waals surface area (Å²) in [4.78, 5) is 0. The Hall–Kier alpha value is -2.78. The Morgan fingerprint density at radius 3 is 1.70 bits per heavy atom. The molecule has 0 aromatic heterocycles. The molecule has 0 heterocycles. The number of nitrogens with one attached hydrogen (secondary N) is 1. The Morgan fingerprint density at radius 1 is 0.815 bits per heavy atom. The summed E-state index contributed by atoms with van der Waals surface area (Å²) in [6.07, 6.45) is 7.38. The van der Waals surface area contributed by atoms with E-state index >= 15 is 0 Å². The van der Waals surface area contributed by atoms with Crippen molar-refractivity contribution in [2.75, 3.05) is 17.9 Å². The number of rotatable bonds is 2. The second kappa shape index (κ2) is 8.74. The zero-order valence-corrected chi connectivity index (χ0v) is 17.0. The summed E-state index contributed by atoms with van der Waals surface area (Å²) >= 11 is 4.64. The maximum atomic E-state index is 7.95. The van der Waals surface area contributed by atoms with E-state index in [9.17, 15) is 0 Å². The molecular formula is C23H26ClN3. The number of aryl methyl sites for hydroxylation is 2. The molecule has 0 amide bonds. The monoisotopic (exact) mass is 379 g/mol. The maximum Gasteiger partial charge on any atom is 0.0569 e. The van der Waals surface area contributed by atoms with Crippen LogP contribution in [0.5, 0.6) is 0 Å². The van der Waals surface area contributed by atoms with Gasteiger partial charge in [0.25, 0.3) is 0 Å². The van der Waals surface area contributed by atoms with Crippen molar-refractivity contribution in [1.29, 1.82) is 5.41 Å². The minimum Gasteiger partial charge on any atom is -0.399 e. The van der Waals surface area contributed by atoms with Crippen molar-refractivity contribution < 1.29 is 0 Å². The van der Waals surface area contributed by atoms with Crippen LogP contribution in [-0.2, 0) is 0 Å². The summed E-state index contributed by atoms with van der Waals surface area (Å²) < 4.78 is 0. The lowest BCUT2D eigenvalue weighted by molar-refractivity contribution is 1.39. The normalized spacial score (nSPS) is 13.0. The van der Waals surface area contributed by atoms with Crippen molar-refractivity contribution in [3.8, 4) is 0 Å². The molecule has 2 aromatic rings. The summed E-state index contributed by atoms with van der Waals surface area (Å²) in [5.74, 6) is 0. The van der Waals surface area contributed by atoms with Gasteiger partial charge in [-0.1, -0.05) is 18.2 Å². The van der Waals surface area contributed by atoms with Crippen LogP contribution in [0, 0.1) is 19.3 Å². The van der Waals surface area contributed by atoms with Gasteiger partial charge < -0.3 is 16.9 Å². The molecule has 0 spiro atoms. The number of hydrogen-bond acceptors (Lipinski definition) is 3. The lowest BCUT2D eigenvalue weighted by Gasteiger charge is -2.17. The number of nitrogen functional groups attached to an aromatic ring is 2. The Bertz CT molecular complexity index is 912. The molecule has 0 radical (unpaired) electrons. The molecule has 1 aliphatic carbocycles. The average molecular weight is 380 g/mol. The van der Waals surface area contributed by atoms with Crippen LogP contribution in [0.1, 0.15) is 29.2 Å². The highest BCUT2D eigenvalue weighted by Crippen LogP contribution is 2.33. The van der Waals surface area contributed by atoms with Gasteiger partial charge >= 0.3 is 0 Å². The second-order valence-corrected chi connectivity index (χ2v) is 6.55. The lowest BCUT2D eigenvalue weighted by Crippen LogP contribution is -2.02. The van der Waals surface area contributed by atoms with E-state index in [4.69, 9.17) is 16.9 Å². The zero-order valence-electron chi connectivity index (χ0n) is 16.2. The van der Waals surface area contributed by atoms with E-state index < -0.39 is 0 Å². The molecule has 0 bridgehead atoms. The van der Waals surface area contributed by atoms with Crippen molar-refractivity contribution in [2.45, 2.75) is 20.8 Å². The number of halogens is 1. The van der Waals surface area contributed by atoms with Crippen LogP contribution in [0.2, 0.25) is 0 Å². The molecular weight excluding hydrogens is 354 g/mol. The third-order valence-electron chi connectivity index (χ3n) is 4.63. The van der Waals surface area contributed by atoms with Gasteiger partial charge in [-0.2, -0.15) is 0 Å². The van der Waals surface area contributed by atoms with E-state index in [0.717, 1.165) is 50.3 Å². The number of hydrogen-bond donors (Lipinski definition) is 3. The molecule has 2 aromatic carbocycles. The van der Waals surface area contributed by atoms with E-state index in [1.165, 1.54) is 6.38 Å². The Balaban J connectivity index is 0.00000126. The van der Waals surface area contributed by atoms with Crippen molar-refractivity contribution >= 4 is 34.3 Å². The number of anilines is 2. The van der Waals surface area contributed by atoms with Crippen LogP contribution >= 0.6 is 11.6 Å². The first-order valence-corrected chi connectivity index (χ1v) is 9.43. The molecule has 0 atom stereocenters. The molecule has 3 rings (SSSR count). The molecule has 5 N–H and O–H groups in total. The van der Waals surface area contributed by atoms with Crippen molar-refractivity contribution in [1.82, 2.24) is 0 Å². The maximum absolute atomic E-state index is 7.95. The molecule has 3 nitrogen and oxygen atoms in total. The number of alkyl halides is 1. The average Bonchev–Trinajstić information content (AvgIpc) is 2.66. The molecule has 0 unspecified atom stereocenters. The third kappa shape index (κ3) is 4.50. The van der Waals surface area contributed by atoms with Gasteiger partial charge in [0.15, 0.2) is 0 Å². The predicted molar refractivity (Wildman–Crippen MR) is 120 cm³/mol. The first-order valence-electron chi connectivity index (χ1n) is 8.67. The quantitative estimate of drug-likeness (QED) is 0.465. The van der Waals surface area contributed by atoms with Gasteiger partial charge in [0.2, 0.25) is 0 Å². The Labute approximate surface area is 166 Å². The van der Waals surface area contributed by atoms with Crippen LogP contribution < -0.4 is 11.5 Å². The van der Waals surface area contributed by atoms with E-state index in [1.54, 1.807) is 0 Å². The highest BCUT2D eigenvalue weighted by molar-refractivity contribution is 6.15. The van der Waals surface area contributed by atoms with Gasteiger partial charge in [-0.25, -0.2) is 0 Å². The second-order valence-electron chi connectivity index (χ2n) is 6.55. The number of benzene rings is 2. The van der Waals surface area contributed by atoms with Gasteiger partial charge in [0.05, 0.1) is 5.71 Å². The third-order valence-corrected chi connectivity index (χ3v) is 4.63. The number of nitrogens with two attached hydrogens (primary N) is 2. The van der Waals surface area contributed by atoms with E-state index in [0.29, 0.717) is 5.71 Å². The van der Waals surface area contributed by atoms with Gasteiger partial charge in [0.1, 0.15) is 0 Å². The van der Waals surface area contributed by atoms with E-state index in [-0.39, 0.29) is 0 Å². The fourth-order valence-corrected chi connectivity index (χ4v) is 2.98. The molecule has 0 aliphatic heterocycles. The Kier molecular flexibility index (Phi) is 6.65. The Morgan fingerprint density at radius 2 is 1.30 bits per heavy atom. The summed E-state index contributed by atoms with van der Waals surface area (Å²) in [5, 5.41) is 7.95. The molecule has 0 saturated heterocycles. The standard InChI is InChI=1S/C22H23N3.CH3Cl/c1-13-10-16(4-7-19(13)23)22(17-5-8-20(24)14(2)11-17)18-6-9-21(25)15(3)12-18;1-2/h4-12,23H,24-25H2,1-3H3;1H3. The lowest BCUT2D eigenvalue weighted by atomic mass is 9.88. The summed E-state index contributed by atoms with van der Waals surface area (Å²) in [7, 11) is 0. The predicted octanol–water partition coefficient (Wildman–Crippen LogP) is 5.66. The molecule has 27 heavy (non-hydrogen) atoms. The zero-order chi connectivity index (χ0) is 20.1. The van der Waals surface area contributed by atoms with Crippen molar-refractivity contribution in [3.05, 3.63) is 88.0 Å². The van der Waals surface area contributed by atoms with Gasteiger partial charge in [-0.3, -0.25) is 0 Å². The largest absolute Gasteiger partial charge is 0.399 e. The molecule has 0 saturated carbocycles. The minimum absolute atomic E-state index is 0.546. The summed E-state index contributed by atoms with van der Waals surface area (Å²) in [6.45, 7) is 6.00. The highest BCUT2D eigenvalue weighted by atomic mass is 35.5. The fourth-order valence-electron chi connectivity index (χ4n) is 2.98. The molecule has 0 fully saturated rings. The fraction of sp³-hybridized carbons (Fsp3) is 0.174. The van der Waals surface area contributed by atoms with Crippen LogP contribution in [0.15, 0.2) is 65.8 Å². The first-order chi connectivity index (χ1) is 12.9. The highest BCUT2D eigenvalue weighted by Gasteiger charge is 2.14. The van der Waals surface area contributed by atoms with Gasteiger partial charge in [-0.15, -0.1) is 11.6 Å².